The fourth-order valence-electron chi connectivity index (χ4n) is 2.75. The molecule has 3 aromatic carbocycles. The van der Waals surface area contributed by atoms with Crippen LogP contribution in [0.3, 0.4) is 0 Å². The van der Waals surface area contributed by atoms with Crippen molar-refractivity contribution in [1.82, 2.24) is 4.98 Å². The number of hydrogen-bond donors (Lipinski definition) is 1. The lowest BCUT2D eigenvalue weighted by molar-refractivity contribution is 1.33. The number of nitrogens with one attached hydrogen (secondary N) is 1. The van der Waals surface area contributed by atoms with Crippen LogP contribution in [0, 0.1) is 0 Å². The predicted molar refractivity (Wildman–Crippen MR) is 96.9 cm³/mol. The van der Waals surface area contributed by atoms with Crippen molar-refractivity contribution in [1.29, 1.82) is 0 Å². The van der Waals surface area contributed by atoms with Crippen molar-refractivity contribution in [3.8, 4) is 11.3 Å². The maximum absolute atomic E-state index is 4.86. The van der Waals surface area contributed by atoms with Crippen molar-refractivity contribution in [3.63, 3.8) is 0 Å². The van der Waals surface area contributed by atoms with Gasteiger partial charge in [-0.1, -0.05) is 72.8 Å². The number of aromatic nitrogens is 1. The molecule has 0 unspecified atom stereocenters. The molecule has 4 aromatic rings. The molecule has 1 heterocycles. The maximum Gasteiger partial charge on any atom is 0.131 e. The van der Waals surface area contributed by atoms with Crippen LogP contribution in [0.4, 0.5) is 11.5 Å². The molecule has 23 heavy (non-hydrogen) atoms. The molecule has 2 heteroatoms. The predicted octanol–water partition coefficient (Wildman–Crippen LogP) is 5.65. The summed E-state index contributed by atoms with van der Waals surface area (Å²) in [6.45, 7) is 0. The van der Waals surface area contributed by atoms with Crippen LogP contribution in [0.5, 0.6) is 0 Å². The second-order valence-corrected chi connectivity index (χ2v) is 5.43. The van der Waals surface area contributed by atoms with Crippen molar-refractivity contribution < 1.29 is 0 Å². The standard InChI is InChI=1S/C21H16N2/c1-3-9-16(10-4-1)21-19-14-8-7-11-17(19)15-20(23-21)22-18-12-5-2-6-13-18/h1-15H,(H,22,23). The van der Waals surface area contributed by atoms with E-state index in [4.69, 9.17) is 4.98 Å². The molecule has 0 saturated carbocycles. The minimum atomic E-state index is 0.855. The van der Waals surface area contributed by atoms with Crippen LogP contribution < -0.4 is 5.32 Å². The van der Waals surface area contributed by atoms with Crippen molar-refractivity contribution in [2.45, 2.75) is 0 Å². The summed E-state index contributed by atoms with van der Waals surface area (Å²) in [7, 11) is 0. The Labute approximate surface area is 135 Å². The number of rotatable bonds is 3. The molecule has 0 aliphatic rings. The summed E-state index contributed by atoms with van der Waals surface area (Å²) < 4.78 is 0. The molecular formula is C21H16N2. The van der Waals surface area contributed by atoms with E-state index in [-0.39, 0.29) is 0 Å². The summed E-state index contributed by atoms with van der Waals surface area (Å²) in [5.74, 6) is 0.855. The van der Waals surface area contributed by atoms with Gasteiger partial charge in [-0.3, -0.25) is 0 Å². The monoisotopic (exact) mass is 296 g/mol. The van der Waals surface area contributed by atoms with Crippen LogP contribution in [0.1, 0.15) is 0 Å². The van der Waals surface area contributed by atoms with E-state index in [2.05, 4.69) is 47.8 Å². The van der Waals surface area contributed by atoms with E-state index in [0.717, 1.165) is 28.1 Å². The Hall–Kier alpha value is -3.13. The number of hydrogen-bond acceptors (Lipinski definition) is 2. The van der Waals surface area contributed by atoms with E-state index in [1.807, 2.05) is 48.5 Å². The summed E-state index contributed by atoms with van der Waals surface area (Å²) in [6.07, 6.45) is 0. The van der Waals surface area contributed by atoms with Gasteiger partial charge >= 0.3 is 0 Å². The van der Waals surface area contributed by atoms with Gasteiger partial charge in [0.2, 0.25) is 0 Å². The Kier molecular flexibility index (Phi) is 3.49. The summed E-state index contributed by atoms with van der Waals surface area (Å²) in [4.78, 5) is 4.86. The van der Waals surface area contributed by atoms with Gasteiger partial charge in [-0.25, -0.2) is 4.98 Å². The van der Waals surface area contributed by atoms with Crippen LogP contribution in [-0.4, -0.2) is 4.98 Å². The van der Waals surface area contributed by atoms with Crippen molar-refractivity contribution in [2.24, 2.45) is 0 Å². The first-order valence-electron chi connectivity index (χ1n) is 7.67. The fourth-order valence-corrected chi connectivity index (χ4v) is 2.75. The number of nitrogens with zero attached hydrogens (tertiary/aromatic N) is 1. The second kappa shape index (κ2) is 5.93. The van der Waals surface area contributed by atoms with E-state index in [9.17, 15) is 0 Å². The Morgan fingerprint density at radius 1 is 0.652 bits per heavy atom. The van der Waals surface area contributed by atoms with E-state index in [1.165, 1.54) is 5.39 Å². The molecule has 0 spiro atoms. The highest BCUT2D eigenvalue weighted by atomic mass is 15.0. The molecule has 0 bridgehead atoms. The first kappa shape index (κ1) is 13.5. The lowest BCUT2D eigenvalue weighted by atomic mass is 10.0. The van der Waals surface area contributed by atoms with E-state index in [0.29, 0.717) is 0 Å². The zero-order valence-corrected chi connectivity index (χ0v) is 12.6. The first-order chi connectivity index (χ1) is 11.4. The molecule has 0 amide bonds. The molecule has 110 valence electrons. The van der Waals surface area contributed by atoms with E-state index < -0.39 is 0 Å². The molecule has 0 fully saturated rings. The Morgan fingerprint density at radius 2 is 1.30 bits per heavy atom. The zero-order chi connectivity index (χ0) is 15.5. The molecule has 0 saturated heterocycles. The smallest absolute Gasteiger partial charge is 0.131 e. The minimum Gasteiger partial charge on any atom is -0.340 e. The highest BCUT2D eigenvalue weighted by Crippen LogP contribution is 2.30. The number of benzene rings is 3. The van der Waals surface area contributed by atoms with Crippen LogP contribution in [0.2, 0.25) is 0 Å². The van der Waals surface area contributed by atoms with E-state index >= 15 is 0 Å². The lowest BCUT2D eigenvalue weighted by Crippen LogP contribution is -1.96. The molecule has 2 nitrogen and oxygen atoms in total. The van der Waals surface area contributed by atoms with Gasteiger partial charge in [-0.05, 0) is 23.6 Å². The van der Waals surface area contributed by atoms with Gasteiger partial charge < -0.3 is 5.32 Å². The largest absolute Gasteiger partial charge is 0.340 e. The molecule has 0 atom stereocenters. The van der Waals surface area contributed by atoms with Crippen LogP contribution in [0.25, 0.3) is 22.0 Å². The lowest BCUT2D eigenvalue weighted by Gasteiger charge is -2.11. The SMILES string of the molecule is c1ccc(Nc2cc3ccccc3c(-c3ccccc3)n2)cc1. The normalized spacial score (nSPS) is 10.6. The Bertz CT molecular complexity index is 931. The molecule has 0 aliphatic carbocycles. The highest BCUT2D eigenvalue weighted by molar-refractivity contribution is 5.96. The van der Waals surface area contributed by atoms with Crippen LogP contribution >= 0.6 is 0 Å². The van der Waals surface area contributed by atoms with Gasteiger partial charge in [-0.15, -0.1) is 0 Å². The topological polar surface area (TPSA) is 24.9 Å². The maximum atomic E-state index is 4.86. The third-order valence-electron chi connectivity index (χ3n) is 3.83. The first-order valence-corrected chi connectivity index (χ1v) is 7.67. The van der Waals surface area contributed by atoms with Gasteiger partial charge in [0.1, 0.15) is 5.82 Å². The number of pyridine rings is 1. The average Bonchev–Trinajstić information content (AvgIpc) is 2.63. The quantitative estimate of drug-likeness (QED) is 0.528. The third kappa shape index (κ3) is 2.79. The molecule has 1 N–H and O–H groups in total. The molecule has 1 aromatic heterocycles. The van der Waals surface area contributed by atoms with Gasteiger partial charge in [-0.2, -0.15) is 0 Å². The van der Waals surface area contributed by atoms with Gasteiger partial charge in [0, 0.05) is 16.6 Å². The molecule has 0 radical (unpaired) electrons. The second-order valence-electron chi connectivity index (χ2n) is 5.43. The fraction of sp³-hybridized carbons (Fsp3) is 0. The van der Waals surface area contributed by atoms with Gasteiger partial charge in [0.05, 0.1) is 5.69 Å². The summed E-state index contributed by atoms with van der Waals surface area (Å²) in [5, 5.41) is 5.74. The van der Waals surface area contributed by atoms with E-state index in [1.54, 1.807) is 0 Å². The zero-order valence-electron chi connectivity index (χ0n) is 12.6. The summed E-state index contributed by atoms with van der Waals surface area (Å²) in [6, 6.07) is 30.9. The highest BCUT2D eigenvalue weighted by Gasteiger charge is 2.08. The van der Waals surface area contributed by atoms with Crippen molar-refractivity contribution in [3.05, 3.63) is 91.0 Å². The van der Waals surface area contributed by atoms with Crippen LogP contribution in [0.15, 0.2) is 91.0 Å². The van der Waals surface area contributed by atoms with Crippen molar-refractivity contribution in [2.75, 3.05) is 5.32 Å². The van der Waals surface area contributed by atoms with Gasteiger partial charge in [0.15, 0.2) is 0 Å². The minimum absolute atomic E-state index is 0.855. The summed E-state index contributed by atoms with van der Waals surface area (Å²) in [5.41, 5.74) is 3.16. The van der Waals surface area contributed by atoms with Gasteiger partial charge in [0.25, 0.3) is 0 Å². The van der Waals surface area contributed by atoms with Crippen LogP contribution in [-0.2, 0) is 0 Å². The number of anilines is 2. The molecule has 0 aliphatic heterocycles. The number of fused-ring (bicyclic) bond motifs is 1. The van der Waals surface area contributed by atoms with Crippen molar-refractivity contribution >= 4 is 22.3 Å². The Morgan fingerprint density at radius 3 is 2.09 bits per heavy atom. The third-order valence-corrected chi connectivity index (χ3v) is 3.83. The average molecular weight is 296 g/mol. The summed E-state index contributed by atoms with van der Waals surface area (Å²) >= 11 is 0. The molecular weight excluding hydrogens is 280 g/mol. The molecule has 4 rings (SSSR count). The number of para-hydroxylation sites is 1. The Balaban J connectivity index is 1.87.